The highest BCUT2D eigenvalue weighted by Gasteiger charge is 2.15. The summed E-state index contributed by atoms with van der Waals surface area (Å²) in [5.74, 6) is -0.0238. The van der Waals surface area contributed by atoms with Crippen LogP contribution in [0.4, 0.5) is 5.82 Å². The Kier molecular flexibility index (Phi) is 3.90. The third-order valence-corrected chi connectivity index (χ3v) is 3.31. The number of H-pyrrole nitrogens is 1. The number of rotatable bonds is 3. The van der Waals surface area contributed by atoms with Gasteiger partial charge in [0.15, 0.2) is 5.82 Å². The van der Waals surface area contributed by atoms with Gasteiger partial charge in [-0.05, 0) is 47.0 Å². The molecule has 0 bridgehead atoms. The fourth-order valence-corrected chi connectivity index (χ4v) is 2.27. The van der Waals surface area contributed by atoms with Crippen LogP contribution in [-0.2, 0) is 6.42 Å². The van der Waals surface area contributed by atoms with Crippen molar-refractivity contribution in [2.45, 2.75) is 20.3 Å². The molecule has 19 heavy (non-hydrogen) atoms. The Morgan fingerprint density at radius 1 is 1.47 bits per heavy atom. The molecule has 0 unspecified atom stereocenters. The number of amides is 1. The molecule has 6 heteroatoms. The number of benzene rings is 1. The van der Waals surface area contributed by atoms with Crippen LogP contribution < -0.4 is 5.32 Å². The number of carbonyl (C=O) groups is 1. The number of phenolic OH excluding ortho intramolecular Hbond substituents is 1. The van der Waals surface area contributed by atoms with Gasteiger partial charge in [-0.1, -0.05) is 6.92 Å². The van der Waals surface area contributed by atoms with Crippen molar-refractivity contribution < 1.29 is 9.90 Å². The molecule has 0 aliphatic heterocycles. The first-order chi connectivity index (χ1) is 9.01. The van der Waals surface area contributed by atoms with Crippen LogP contribution in [0.15, 0.2) is 22.7 Å². The zero-order valence-corrected chi connectivity index (χ0v) is 12.2. The van der Waals surface area contributed by atoms with Crippen molar-refractivity contribution in [3.8, 4) is 5.75 Å². The van der Waals surface area contributed by atoms with Crippen molar-refractivity contribution in [2.75, 3.05) is 5.32 Å². The summed E-state index contributed by atoms with van der Waals surface area (Å²) in [4.78, 5) is 12.1. The predicted octanol–water partition coefficient (Wildman–Crippen LogP) is 3.00. The molecule has 0 aliphatic carbocycles. The van der Waals surface area contributed by atoms with E-state index in [4.69, 9.17) is 0 Å². The number of nitrogens with zero attached hydrogens (tertiary/aromatic N) is 1. The van der Waals surface area contributed by atoms with E-state index < -0.39 is 5.91 Å². The Balaban J connectivity index is 2.25. The van der Waals surface area contributed by atoms with Gasteiger partial charge >= 0.3 is 0 Å². The second-order valence-electron chi connectivity index (χ2n) is 4.23. The van der Waals surface area contributed by atoms with E-state index in [0.29, 0.717) is 10.3 Å². The fourth-order valence-electron chi connectivity index (χ4n) is 1.70. The topological polar surface area (TPSA) is 78.0 Å². The third-order valence-electron chi connectivity index (χ3n) is 2.71. The standard InChI is InChI=1S/C13H14BrN3O2/c1-3-8-6-11(17-16-8)15-13(19)9-4-7(2)5-10(14)12(9)18/h4-6,18H,3H2,1-2H3,(H2,15,16,17,19). The van der Waals surface area contributed by atoms with Gasteiger partial charge in [-0.3, -0.25) is 9.89 Å². The minimum Gasteiger partial charge on any atom is -0.506 e. The van der Waals surface area contributed by atoms with Crippen molar-refractivity contribution in [2.24, 2.45) is 0 Å². The van der Waals surface area contributed by atoms with Crippen molar-refractivity contribution in [3.63, 3.8) is 0 Å². The van der Waals surface area contributed by atoms with E-state index in [1.165, 1.54) is 0 Å². The molecule has 0 spiro atoms. The second kappa shape index (κ2) is 5.44. The summed E-state index contributed by atoms with van der Waals surface area (Å²) in [5.41, 5.74) is 2.03. The number of aromatic amines is 1. The zero-order valence-electron chi connectivity index (χ0n) is 10.6. The Labute approximate surface area is 119 Å². The first kappa shape index (κ1) is 13.6. The van der Waals surface area contributed by atoms with Gasteiger partial charge in [-0.25, -0.2) is 0 Å². The molecule has 100 valence electrons. The lowest BCUT2D eigenvalue weighted by Gasteiger charge is -2.07. The Morgan fingerprint density at radius 3 is 2.84 bits per heavy atom. The van der Waals surface area contributed by atoms with E-state index in [2.05, 4.69) is 31.4 Å². The summed E-state index contributed by atoms with van der Waals surface area (Å²) in [6, 6.07) is 5.14. The molecular formula is C13H14BrN3O2. The first-order valence-corrected chi connectivity index (χ1v) is 6.65. The van der Waals surface area contributed by atoms with Crippen LogP contribution in [0.2, 0.25) is 0 Å². The highest BCUT2D eigenvalue weighted by atomic mass is 79.9. The van der Waals surface area contributed by atoms with Crippen LogP contribution in [0.3, 0.4) is 0 Å². The molecule has 0 saturated carbocycles. The van der Waals surface area contributed by atoms with Gasteiger partial charge < -0.3 is 10.4 Å². The molecule has 0 fully saturated rings. The smallest absolute Gasteiger partial charge is 0.260 e. The lowest BCUT2D eigenvalue weighted by atomic mass is 10.1. The van der Waals surface area contributed by atoms with Gasteiger partial charge in [0, 0.05) is 11.8 Å². The van der Waals surface area contributed by atoms with Crippen LogP contribution >= 0.6 is 15.9 Å². The van der Waals surface area contributed by atoms with E-state index in [1.54, 1.807) is 18.2 Å². The summed E-state index contributed by atoms with van der Waals surface area (Å²) < 4.78 is 0.494. The molecule has 1 amide bonds. The maximum Gasteiger partial charge on any atom is 0.260 e. The van der Waals surface area contributed by atoms with Gasteiger partial charge in [0.05, 0.1) is 10.0 Å². The number of nitrogens with one attached hydrogen (secondary N) is 2. The van der Waals surface area contributed by atoms with Crippen LogP contribution in [0.25, 0.3) is 0 Å². The van der Waals surface area contributed by atoms with Crippen molar-refractivity contribution in [1.29, 1.82) is 0 Å². The number of aromatic nitrogens is 2. The number of carbonyl (C=O) groups excluding carboxylic acids is 1. The summed E-state index contributed by atoms with van der Waals surface area (Å²) in [6.07, 6.45) is 0.810. The Bertz CT molecular complexity index is 622. The average Bonchev–Trinajstić information content (AvgIpc) is 2.81. The van der Waals surface area contributed by atoms with Crippen molar-refractivity contribution >= 4 is 27.7 Å². The van der Waals surface area contributed by atoms with Gasteiger partial charge in [-0.2, -0.15) is 5.10 Å². The molecular weight excluding hydrogens is 310 g/mol. The van der Waals surface area contributed by atoms with Gasteiger partial charge in [0.1, 0.15) is 5.75 Å². The monoisotopic (exact) mass is 323 g/mol. The van der Waals surface area contributed by atoms with E-state index in [-0.39, 0.29) is 11.3 Å². The lowest BCUT2D eigenvalue weighted by molar-refractivity contribution is 0.102. The molecule has 0 radical (unpaired) electrons. The molecule has 0 saturated heterocycles. The maximum absolute atomic E-state index is 12.1. The van der Waals surface area contributed by atoms with Crippen LogP contribution in [0.5, 0.6) is 5.75 Å². The van der Waals surface area contributed by atoms with E-state index in [0.717, 1.165) is 17.7 Å². The van der Waals surface area contributed by atoms with E-state index in [1.807, 2.05) is 13.8 Å². The highest BCUT2D eigenvalue weighted by molar-refractivity contribution is 9.10. The minimum absolute atomic E-state index is 0.0747. The number of aromatic hydroxyl groups is 1. The largest absolute Gasteiger partial charge is 0.506 e. The van der Waals surface area contributed by atoms with Crippen LogP contribution in [0, 0.1) is 6.92 Å². The molecule has 3 N–H and O–H groups in total. The SMILES string of the molecule is CCc1cc(NC(=O)c2cc(C)cc(Br)c2O)n[nH]1. The molecule has 0 atom stereocenters. The van der Waals surface area contributed by atoms with Crippen molar-refractivity contribution in [3.05, 3.63) is 39.5 Å². The number of anilines is 1. The number of hydrogen-bond acceptors (Lipinski definition) is 3. The van der Waals surface area contributed by atoms with Crippen LogP contribution in [0.1, 0.15) is 28.5 Å². The molecule has 1 heterocycles. The third kappa shape index (κ3) is 2.96. The number of halogens is 1. The maximum atomic E-state index is 12.1. The summed E-state index contributed by atoms with van der Waals surface area (Å²) in [6.45, 7) is 3.84. The van der Waals surface area contributed by atoms with Crippen molar-refractivity contribution in [1.82, 2.24) is 10.2 Å². The Hall–Kier alpha value is -1.82. The molecule has 0 aliphatic rings. The summed E-state index contributed by atoms with van der Waals surface area (Å²) in [5, 5.41) is 19.3. The van der Waals surface area contributed by atoms with E-state index >= 15 is 0 Å². The summed E-state index contributed by atoms with van der Waals surface area (Å²) in [7, 11) is 0. The molecule has 1 aromatic carbocycles. The second-order valence-corrected chi connectivity index (χ2v) is 5.08. The highest BCUT2D eigenvalue weighted by Crippen LogP contribution is 2.29. The molecule has 2 aromatic rings. The van der Waals surface area contributed by atoms with Crippen LogP contribution in [-0.4, -0.2) is 21.2 Å². The number of aryl methyl sites for hydroxylation is 2. The fraction of sp³-hybridized carbons (Fsp3) is 0.231. The average molecular weight is 324 g/mol. The van der Waals surface area contributed by atoms with Gasteiger partial charge in [-0.15, -0.1) is 0 Å². The minimum atomic E-state index is -0.393. The summed E-state index contributed by atoms with van der Waals surface area (Å²) >= 11 is 3.21. The molecule has 1 aromatic heterocycles. The molecule has 5 nitrogen and oxygen atoms in total. The first-order valence-electron chi connectivity index (χ1n) is 5.86. The zero-order chi connectivity index (χ0) is 14.0. The number of hydrogen-bond donors (Lipinski definition) is 3. The lowest BCUT2D eigenvalue weighted by Crippen LogP contribution is -2.12. The van der Waals surface area contributed by atoms with Gasteiger partial charge in [0.25, 0.3) is 5.91 Å². The molecule has 2 rings (SSSR count). The predicted molar refractivity (Wildman–Crippen MR) is 76.5 cm³/mol. The van der Waals surface area contributed by atoms with Gasteiger partial charge in [0.2, 0.25) is 0 Å². The normalized spacial score (nSPS) is 10.5. The Morgan fingerprint density at radius 2 is 2.21 bits per heavy atom. The number of phenols is 1. The van der Waals surface area contributed by atoms with E-state index in [9.17, 15) is 9.90 Å². The quantitative estimate of drug-likeness (QED) is 0.812.